The molecular weight excluding hydrogens is 236 g/mol. The molecule has 1 aromatic heterocycles. The van der Waals surface area contributed by atoms with E-state index in [9.17, 15) is 0 Å². The van der Waals surface area contributed by atoms with E-state index in [-0.39, 0.29) is 0 Å². The van der Waals surface area contributed by atoms with Crippen molar-refractivity contribution >= 4 is 5.69 Å². The van der Waals surface area contributed by atoms with E-state index in [1.807, 2.05) is 25.0 Å². The standard InChI is InChI=1S/C15H22N4/c1-12-7-15(6-5-14(12)9-16-2)18(3)10-13-8-17-19(4)11-13/h5-8,11,16H,9-10H2,1-4H3. The minimum atomic E-state index is 0.874. The number of aryl methyl sites for hydroxylation is 2. The summed E-state index contributed by atoms with van der Waals surface area (Å²) in [6, 6.07) is 6.61. The highest BCUT2D eigenvalue weighted by atomic mass is 15.2. The van der Waals surface area contributed by atoms with E-state index in [0.717, 1.165) is 13.1 Å². The highest BCUT2D eigenvalue weighted by molar-refractivity contribution is 5.50. The van der Waals surface area contributed by atoms with Crippen LogP contribution in [0.2, 0.25) is 0 Å². The molecule has 1 aromatic carbocycles. The van der Waals surface area contributed by atoms with Gasteiger partial charge in [-0.15, -0.1) is 0 Å². The predicted octanol–water partition coefficient (Wildman–Crippen LogP) is 2.08. The minimum absolute atomic E-state index is 0.874. The van der Waals surface area contributed by atoms with Crippen LogP contribution >= 0.6 is 0 Å². The van der Waals surface area contributed by atoms with Gasteiger partial charge in [-0.1, -0.05) is 6.07 Å². The van der Waals surface area contributed by atoms with E-state index >= 15 is 0 Å². The van der Waals surface area contributed by atoms with E-state index in [1.54, 1.807) is 0 Å². The van der Waals surface area contributed by atoms with E-state index in [4.69, 9.17) is 0 Å². The first-order valence-corrected chi connectivity index (χ1v) is 6.53. The highest BCUT2D eigenvalue weighted by Crippen LogP contribution is 2.19. The summed E-state index contributed by atoms with van der Waals surface area (Å²) in [5, 5.41) is 7.39. The van der Waals surface area contributed by atoms with Crippen LogP contribution < -0.4 is 10.2 Å². The third-order valence-corrected chi connectivity index (χ3v) is 3.31. The molecule has 0 fully saturated rings. The summed E-state index contributed by atoms with van der Waals surface area (Å²) in [6.07, 6.45) is 3.97. The summed E-state index contributed by atoms with van der Waals surface area (Å²) in [5.41, 5.74) is 5.13. The van der Waals surface area contributed by atoms with Crippen molar-refractivity contribution in [2.75, 3.05) is 19.0 Å². The zero-order valence-corrected chi connectivity index (χ0v) is 12.1. The molecule has 19 heavy (non-hydrogen) atoms. The van der Waals surface area contributed by atoms with Gasteiger partial charge in [0.15, 0.2) is 0 Å². The molecule has 2 aromatic rings. The number of hydrogen-bond donors (Lipinski definition) is 1. The predicted molar refractivity (Wildman–Crippen MR) is 79.3 cm³/mol. The Bertz CT molecular complexity index is 545. The number of nitrogens with one attached hydrogen (secondary N) is 1. The first-order valence-electron chi connectivity index (χ1n) is 6.53. The zero-order chi connectivity index (χ0) is 13.8. The molecule has 102 valence electrons. The van der Waals surface area contributed by atoms with Crippen LogP contribution in [-0.4, -0.2) is 23.9 Å². The second-order valence-corrected chi connectivity index (χ2v) is 5.02. The molecule has 0 radical (unpaired) electrons. The van der Waals surface area contributed by atoms with Crippen molar-refractivity contribution in [2.24, 2.45) is 7.05 Å². The lowest BCUT2D eigenvalue weighted by Gasteiger charge is -2.20. The van der Waals surface area contributed by atoms with Crippen LogP contribution in [0.5, 0.6) is 0 Å². The third-order valence-electron chi connectivity index (χ3n) is 3.31. The van der Waals surface area contributed by atoms with E-state index in [2.05, 4.69) is 53.7 Å². The topological polar surface area (TPSA) is 33.1 Å². The number of aromatic nitrogens is 2. The molecule has 0 saturated carbocycles. The quantitative estimate of drug-likeness (QED) is 0.891. The Morgan fingerprint density at radius 3 is 2.74 bits per heavy atom. The maximum atomic E-state index is 4.20. The third kappa shape index (κ3) is 3.35. The van der Waals surface area contributed by atoms with Crippen LogP contribution in [0.1, 0.15) is 16.7 Å². The number of rotatable bonds is 5. The summed E-state index contributed by atoms with van der Waals surface area (Å²) < 4.78 is 1.84. The number of benzene rings is 1. The van der Waals surface area contributed by atoms with Gasteiger partial charge in [0.05, 0.1) is 6.20 Å². The summed E-state index contributed by atoms with van der Waals surface area (Å²) in [5.74, 6) is 0. The second kappa shape index (κ2) is 5.89. The number of anilines is 1. The molecule has 0 aliphatic carbocycles. The lowest BCUT2D eigenvalue weighted by atomic mass is 10.1. The Labute approximate surface area is 115 Å². The summed E-state index contributed by atoms with van der Waals surface area (Å²) in [4.78, 5) is 2.24. The monoisotopic (exact) mass is 258 g/mol. The van der Waals surface area contributed by atoms with Crippen molar-refractivity contribution in [1.82, 2.24) is 15.1 Å². The first kappa shape index (κ1) is 13.6. The lowest BCUT2D eigenvalue weighted by molar-refractivity contribution is 0.766. The van der Waals surface area contributed by atoms with Gasteiger partial charge >= 0.3 is 0 Å². The van der Waals surface area contributed by atoms with Crippen molar-refractivity contribution in [1.29, 1.82) is 0 Å². The van der Waals surface area contributed by atoms with Crippen LogP contribution in [0.4, 0.5) is 5.69 Å². The molecule has 0 aliphatic heterocycles. The van der Waals surface area contributed by atoms with Crippen molar-refractivity contribution in [3.63, 3.8) is 0 Å². The van der Waals surface area contributed by atoms with Gasteiger partial charge in [-0.2, -0.15) is 5.10 Å². The summed E-state index contributed by atoms with van der Waals surface area (Å²) in [7, 11) is 6.03. The Hall–Kier alpha value is -1.81. The van der Waals surface area contributed by atoms with E-state index < -0.39 is 0 Å². The largest absolute Gasteiger partial charge is 0.370 e. The van der Waals surface area contributed by atoms with Crippen molar-refractivity contribution in [2.45, 2.75) is 20.0 Å². The zero-order valence-electron chi connectivity index (χ0n) is 12.1. The normalized spacial score (nSPS) is 10.7. The lowest BCUT2D eigenvalue weighted by Crippen LogP contribution is -2.16. The number of nitrogens with zero attached hydrogens (tertiary/aromatic N) is 3. The molecule has 0 unspecified atom stereocenters. The molecule has 0 spiro atoms. The molecule has 4 heteroatoms. The fourth-order valence-electron chi connectivity index (χ4n) is 2.22. The van der Waals surface area contributed by atoms with Gasteiger partial charge in [0.25, 0.3) is 0 Å². The first-order chi connectivity index (χ1) is 9.10. The van der Waals surface area contributed by atoms with Gasteiger partial charge in [0, 0.05) is 44.6 Å². The molecule has 1 heterocycles. The molecule has 4 nitrogen and oxygen atoms in total. The van der Waals surface area contributed by atoms with Crippen LogP contribution in [0.15, 0.2) is 30.6 Å². The van der Waals surface area contributed by atoms with Gasteiger partial charge in [0.1, 0.15) is 0 Å². The summed E-state index contributed by atoms with van der Waals surface area (Å²) >= 11 is 0. The van der Waals surface area contributed by atoms with Gasteiger partial charge in [-0.25, -0.2) is 0 Å². The molecule has 2 rings (SSSR count). The fourth-order valence-corrected chi connectivity index (χ4v) is 2.22. The van der Waals surface area contributed by atoms with Crippen LogP contribution in [0, 0.1) is 6.92 Å². The van der Waals surface area contributed by atoms with Crippen molar-refractivity contribution in [3.8, 4) is 0 Å². The Morgan fingerprint density at radius 2 is 2.16 bits per heavy atom. The fraction of sp³-hybridized carbons (Fsp3) is 0.400. The van der Waals surface area contributed by atoms with Gasteiger partial charge in [-0.3, -0.25) is 4.68 Å². The Kier molecular flexibility index (Phi) is 4.22. The van der Waals surface area contributed by atoms with Crippen LogP contribution in [0.3, 0.4) is 0 Å². The van der Waals surface area contributed by atoms with Crippen molar-refractivity contribution < 1.29 is 0 Å². The smallest absolute Gasteiger partial charge is 0.0539 e. The van der Waals surface area contributed by atoms with Crippen molar-refractivity contribution in [3.05, 3.63) is 47.3 Å². The Balaban J connectivity index is 2.10. The average Bonchev–Trinajstić information content (AvgIpc) is 2.77. The molecule has 1 N–H and O–H groups in total. The SMILES string of the molecule is CNCc1ccc(N(C)Cc2cnn(C)c2)cc1C. The highest BCUT2D eigenvalue weighted by Gasteiger charge is 2.06. The van der Waals surface area contributed by atoms with Gasteiger partial charge in [0.2, 0.25) is 0 Å². The second-order valence-electron chi connectivity index (χ2n) is 5.02. The molecule has 0 amide bonds. The number of hydrogen-bond acceptors (Lipinski definition) is 3. The molecular formula is C15H22N4. The maximum absolute atomic E-state index is 4.20. The van der Waals surface area contributed by atoms with E-state index in [0.29, 0.717) is 0 Å². The van der Waals surface area contributed by atoms with E-state index in [1.165, 1.54) is 22.4 Å². The molecule has 0 aliphatic rings. The van der Waals surface area contributed by atoms with Crippen LogP contribution in [-0.2, 0) is 20.1 Å². The molecule has 0 saturated heterocycles. The molecule has 0 bridgehead atoms. The summed E-state index contributed by atoms with van der Waals surface area (Å²) in [6.45, 7) is 3.95. The van der Waals surface area contributed by atoms with Gasteiger partial charge < -0.3 is 10.2 Å². The average molecular weight is 258 g/mol. The Morgan fingerprint density at radius 1 is 1.37 bits per heavy atom. The minimum Gasteiger partial charge on any atom is -0.370 e. The van der Waals surface area contributed by atoms with Gasteiger partial charge in [-0.05, 0) is 37.2 Å². The molecule has 0 atom stereocenters. The van der Waals surface area contributed by atoms with Crippen LogP contribution in [0.25, 0.3) is 0 Å². The maximum Gasteiger partial charge on any atom is 0.0539 e.